The summed E-state index contributed by atoms with van der Waals surface area (Å²) >= 11 is 5.44. The number of aryl methyl sites for hydroxylation is 1. The SMILES string of the molecule is Cc1cnc(NC(=O)COc2ccc(C3SCCCS3)cc2)s1. The van der Waals surface area contributed by atoms with Crippen molar-refractivity contribution in [2.45, 2.75) is 17.9 Å². The first kappa shape index (κ1) is 16.7. The lowest BCUT2D eigenvalue weighted by Gasteiger charge is -2.21. The highest BCUT2D eigenvalue weighted by Crippen LogP contribution is 2.43. The molecule has 1 amide bonds. The third kappa shape index (κ3) is 4.89. The van der Waals surface area contributed by atoms with Crippen LogP contribution in [0.4, 0.5) is 5.13 Å². The third-order valence-corrected chi connectivity index (χ3v) is 7.06. The van der Waals surface area contributed by atoms with Crippen molar-refractivity contribution in [1.82, 2.24) is 4.98 Å². The molecule has 0 radical (unpaired) electrons. The molecule has 0 unspecified atom stereocenters. The van der Waals surface area contributed by atoms with Gasteiger partial charge < -0.3 is 4.74 Å². The van der Waals surface area contributed by atoms with Gasteiger partial charge in [0, 0.05) is 11.1 Å². The van der Waals surface area contributed by atoms with Gasteiger partial charge in [0.2, 0.25) is 0 Å². The molecule has 1 aromatic heterocycles. The van der Waals surface area contributed by atoms with Gasteiger partial charge in [-0.15, -0.1) is 34.9 Å². The normalized spacial score (nSPS) is 15.3. The average Bonchev–Trinajstić information content (AvgIpc) is 2.99. The second kappa shape index (κ2) is 8.08. The lowest BCUT2D eigenvalue weighted by atomic mass is 10.2. The average molecular weight is 367 g/mol. The van der Waals surface area contributed by atoms with Crippen LogP contribution in [-0.2, 0) is 4.79 Å². The van der Waals surface area contributed by atoms with E-state index in [9.17, 15) is 4.79 Å². The van der Waals surface area contributed by atoms with Crippen molar-refractivity contribution in [2.75, 3.05) is 23.4 Å². The number of carbonyl (C=O) groups excluding carboxylic acids is 1. The lowest BCUT2D eigenvalue weighted by Crippen LogP contribution is -2.19. The summed E-state index contributed by atoms with van der Waals surface area (Å²) < 4.78 is 6.06. The van der Waals surface area contributed by atoms with Crippen LogP contribution < -0.4 is 10.1 Å². The van der Waals surface area contributed by atoms with E-state index in [4.69, 9.17) is 4.74 Å². The van der Waals surface area contributed by atoms with E-state index in [2.05, 4.69) is 22.4 Å². The number of aromatic nitrogens is 1. The van der Waals surface area contributed by atoms with Gasteiger partial charge in [-0.25, -0.2) is 4.98 Å². The summed E-state index contributed by atoms with van der Waals surface area (Å²) in [7, 11) is 0. The van der Waals surface area contributed by atoms with Crippen LogP contribution in [0.2, 0.25) is 0 Å². The predicted molar refractivity (Wildman–Crippen MR) is 99.7 cm³/mol. The van der Waals surface area contributed by atoms with Crippen LogP contribution in [0.5, 0.6) is 5.75 Å². The number of carbonyl (C=O) groups is 1. The molecule has 1 aromatic carbocycles. The largest absolute Gasteiger partial charge is 0.484 e. The van der Waals surface area contributed by atoms with E-state index < -0.39 is 0 Å². The van der Waals surface area contributed by atoms with E-state index >= 15 is 0 Å². The van der Waals surface area contributed by atoms with Gasteiger partial charge in [-0.05, 0) is 42.5 Å². The standard InChI is InChI=1S/C16H18N2O2S3/c1-11-9-17-16(23-11)18-14(19)10-20-13-5-3-12(4-6-13)15-21-7-2-8-22-15/h3-6,9,15H,2,7-8,10H2,1H3,(H,17,18,19). The van der Waals surface area contributed by atoms with Gasteiger partial charge in [0.25, 0.3) is 5.91 Å². The molecule has 2 heterocycles. The molecule has 122 valence electrons. The number of hydrogen-bond acceptors (Lipinski definition) is 6. The van der Waals surface area contributed by atoms with Crippen LogP contribution >= 0.6 is 34.9 Å². The van der Waals surface area contributed by atoms with Gasteiger partial charge in [0.05, 0.1) is 4.58 Å². The Hall–Kier alpha value is -1.18. The Labute approximate surface area is 148 Å². The highest BCUT2D eigenvalue weighted by Gasteiger charge is 2.16. The molecule has 1 aliphatic rings. The van der Waals surface area contributed by atoms with Crippen LogP contribution in [0.15, 0.2) is 30.5 Å². The van der Waals surface area contributed by atoms with Gasteiger partial charge >= 0.3 is 0 Å². The Bertz CT molecular complexity index is 652. The third-order valence-electron chi connectivity index (χ3n) is 3.22. The zero-order chi connectivity index (χ0) is 16.1. The van der Waals surface area contributed by atoms with Gasteiger partial charge in [0.1, 0.15) is 5.75 Å². The molecule has 1 aliphatic heterocycles. The molecule has 1 fully saturated rings. The van der Waals surface area contributed by atoms with E-state index in [0.717, 1.165) is 4.88 Å². The van der Waals surface area contributed by atoms with Crippen LogP contribution in [-0.4, -0.2) is 29.0 Å². The lowest BCUT2D eigenvalue weighted by molar-refractivity contribution is -0.118. The second-order valence-electron chi connectivity index (χ2n) is 5.11. The predicted octanol–water partition coefficient (Wildman–Crippen LogP) is 4.34. The zero-order valence-electron chi connectivity index (χ0n) is 12.8. The number of benzene rings is 1. The first-order valence-corrected chi connectivity index (χ1v) is 10.3. The maximum atomic E-state index is 11.8. The maximum Gasteiger partial charge on any atom is 0.264 e. The summed E-state index contributed by atoms with van der Waals surface area (Å²) in [5.74, 6) is 2.98. The van der Waals surface area contributed by atoms with E-state index in [0.29, 0.717) is 15.5 Å². The van der Waals surface area contributed by atoms with Crippen molar-refractivity contribution in [3.63, 3.8) is 0 Å². The van der Waals surface area contributed by atoms with Crippen molar-refractivity contribution in [3.05, 3.63) is 40.9 Å². The fraction of sp³-hybridized carbons (Fsp3) is 0.375. The quantitative estimate of drug-likeness (QED) is 0.853. The van der Waals surface area contributed by atoms with Crippen molar-refractivity contribution in [3.8, 4) is 5.75 Å². The topological polar surface area (TPSA) is 51.2 Å². The molecule has 2 aromatic rings. The molecule has 1 N–H and O–H groups in total. The van der Waals surface area contributed by atoms with E-state index in [-0.39, 0.29) is 12.5 Å². The van der Waals surface area contributed by atoms with Gasteiger partial charge in [-0.3, -0.25) is 10.1 Å². The fourth-order valence-electron chi connectivity index (χ4n) is 2.12. The summed E-state index contributed by atoms with van der Waals surface area (Å²) in [6, 6.07) is 8.05. The molecule has 4 nitrogen and oxygen atoms in total. The molecular weight excluding hydrogens is 348 g/mol. The number of ether oxygens (including phenoxy) is 1. The van der Waals surface area contributed by atoms with Crippen LogP contribution in [0.3, 0.4) is 0 Å². The van der Waals surface area contributed by atoms with Crippen molar-refractivity contribution in [2.24, 2.45) is 0 Å². The monoisotopic (exact) mass is 366 g/mol. The fourth-order valence-corrected chi connectivity index (χ4v) is 5.69. The minimum atomic E-state index is -0.193. The Kier molecular flexibility index (Phi) is 5.85. The van der Waals surface area contributed by atoms with Crippen molar-refractivity contribution >= 4 is 45.9 Å². The minimum absolute atomic E-state index is 0.00902. The van der Waals surface area contributed by atoms with E-state index in [1.165, 1.54) is 34.8 Å². The second-order valence-corrected chi connectivity index (χ2v) is 9.07. The molecule has 23 heavy (non-hydrogen) atoms. The summed E-state index contributed by atoms with van der Waals surface area (Å²) in [4.78, 5) is 17.0. The van der Waals surface area contributed by atoms with E-state index in [1.807, 2.05) is 42.6 Å². The molecule has 0 spiro atoms. The van der Waals surface area contributed by atoms with Crippen LogP contribution in [0.25, 0.3) is 0 Å². The molecule has 0 aliphatic carbocycles. The number of thioether (sulfide) groups is 2. The first-order valence-electron chi connectivity index (χ1n) is 7.39. The zero-order valence-corrected chi connectivity index (χ0v) is 15.2. The van der Waals surface area contributed by atoms with Crippen LogP contribution in [0.1, 0.15) is 21.4 Å². The number of anilines is 1. The molecular formula is C16H18N2O2S3. The van der Waals surface area contributed by atoms with Gasteiger partial charge in [-0.2, -0.15) is 0 Å². The van der Waals surface area contributed by atoms with Gasteiger partial charge in [-0.1, -0.05) is 12.1 Å². The summed E-state index contributed by atoms with van der Waals surface area (Å²) in [5.41, 5.74) is 1.31. The smallest absolute Gasteiger partial charge is 0.264 e. The number of rotatable bonds is 5. The Morgan fingerprint density at radius 2 is 2.04 bits per heavy atom. The van der Waals surface area contributed by atoms with Gasteiger partial charge in [0.15, 0.2) is 11.7 Å². The highest BCUT2D eigenvalue weighted by molar-refractivity contribution is 8.16. The first-order chi connectivity index (χ1) is 11.2. The number of thiazole rings is 1. The molecule has 0 atom stereocenters. The molecule has 0 saturated carbocycles. The number of nitrogens with one attached hydrogen (secondary N) is 1. The molecule has 1 saturated heterocycles. The van der Waals surface area contributed by atoms with Crippen molar-refractivity contribution in [1.29, 1.82) is 0 Å². The molecule has 0 bridgehead atoms. The maximum absolute atomic E-state index is 11.8. The van der Waals surface area contributed by atoms with Crippen molar-refractivity contribution < 1.29 is 9.53 Å². The summed E-state index contributed by atoms with van der Waals surface area (Å²) in [6.45, 7) is 1.94. The van der Waals surface area contributed by atoms with E-state index in [1.54, 1.807) is 6.20 Å². The Morgan fingerprint density at radius 3 is 2.70 bits per heavy atom. The summed E-state index contributed by atoms with van der Waals surface area (Å²) in [5, 5.41) is 3.34. The summed E-state index contributed by atoms with van der Waals surface area (Å²) in [6.07, 6.45) is 3.03. The Balaban J connectivity index is 1.49. The highest BCUT2D eigenvalue weighted by atomic mass is 32.2. The number of nitrogens with zero attached hydrogens (tertiary/aromatic N) is 1. The number of amides is 1. The Morgan fingerprint density at radius 1 is 1.30 bits per heavy atom. The van der Waals surface area contributed by atoms with Crippen LogP contribution in [0, 0.1) is 6.92 Å². The molecule has 3 rings (SSSR count). The number of hydrogen-bond donors (Lipinski definition) is 1. The molecule has 7 heteroatoms. The minimum Gasteiger partial charge on any atom is -0.484 e.